The zero-order valence-corrected chi connectivity index (χ0v) is 13.0. The van der Waals surface area contributed by atoms with Gasteiger partial charge < -0.3 is 5.73 Å². The van der Waals surface area contributed by atoms with Crippen LogP contribution in [0.15, 0.2) is 22.7 Å². The second-order valence-corrected chi connectivity index (χ2v) is 5.91. The average molecular weight is 330 g/mol. The lowest BCUT2D eigenvalue weighted by Crippen LogP contribution is -2.31. The number of hydrogen-bond acceptors (Lipinski definition) is 2. The molecule has 19 heavy (non-hydrogen) atoms. The zero-order valence-electron chi connectivity index (χ0n) is 11.4. The number of halogens is 2. The molecule has 0 amide bonds. The summed E-state index contributed by atoms with van der Waals surface area (Å²) >= 11 is 3.29. The second kappa shape index (κ2) is 7.60. The van der Waals surface area contributed by atoms with Gasteiger partial charge in [0, 0.05) is 26.1 Å². The minimum atomic E-state index is -0.242. The van der Waals surface area contributed by atoms with Crippen LogP contribution in [0.3, 0.4) is 0 Å². The first kappa shape index (κ1) is 16.1. The summed E-state index contributed by atoms with van der Waals surface area (Å²) in [6, 6.07) is 5.07. The van der Waals surface area contributed by atoms with Crippen molar-refractivity contribution in [3.8, 4) is 0 Å². The lowest BCUT2D eigenvalue weighted by atomic mass is 10.1. The molecule has 0 aliphatic carbocycles. The minimum Gasteiger partial charge on any atom is -0.388 e. The molecule has 3 N–H and O–H groups in total. The number of benzene rings is 1. The van der Waals surface area contributed by atoms with Gasteiger partial charge in [0.15, 0.2) is 0 Å². The third kappa shape index (κ3) is 5.70. The molecule has 0 radical (unpaired) electrons. The van der Waals surface area contributed by atoms with Crippen molar-refractivity contribution in [1.29, 1.82) is 5.41 Å². The molecule has 0 heterocycles. The van der Waals surface area contributed by atoms with Crippen LogP contribution in [-0.4, -0.2) is 23.8 Å². The van der Waals surface area contributed by atoms with E-state index in [1.807, 2.05) is 6.07 Å². The highest BCUT2D eigenvalue weighted by molar-refractivity contribution is 9.10. The lowest BCUT2D eigenvalue weighted by Gasteiger charge is -2.24. The fraction of sp³-hybridized carbons (Fsp3) is 0.500. The summed E-state index contributed by atoms with van der Waals surface area (Å²) < 4.78 is 14.0. The van der Waals surface area contributed by atoms with E-state index in [4.69, 9.17) is 11.1 Å². The van der Waals surface area contributed by atoms with Crippen molar-refractivity contribution in [2.24, 2.45) is 11.7 Å². The summed E-state index contributed by atoms with van der Waals surface area (Å²) in [6.45, 7) is 6.55. The molecule has 106 valence electrons. The van der Waals surface area contributed by atoms with Gasteiger partial charge in [-0.2, -0.15) is 0 Å². The van der Waals surface area contributed by atoms with Gasteiger partial charge in [-0.05, 0) is 33.5 Å². The average Bonchev–Trinajstić information content (AvgIpc) is 2.31. The van der Waals surface area contributed by atoms with E-state index in [2.05, 4.69) is 34.7 Å². The standard InChI is InChI=1S/C14H21BrFN3/c1-10(2)8-19(7-6-13(17)18)9-11-4-3-5-12(16)14(11)15/h3-5,10H,6-9H2,1-2H3,(H3,17,18). The predicted octanol–water partition coefficient (Wildman–Crippen LogP) is 3.37. The second-order valence-electron chi connectivity index (χ2n) is 5.12. The maximum absolute atomic E-state index is 13.5. The predicted molar refractivity (Wildman–Crippen MR) is 80.7 cm³/mol. The zero-order chi connectivity index (χ0) is 14.4. The summed E-state index contributed by atoms with van der Waals surface area (Å²) in [4.78, 5) is 2.20. The Bertz CT molecular complexity index is 435. The lowest BCUT2D eigenvalue weighted by molar-refractivity contribution is 0.241. The summed E-state index contributed by atoms with van der Waals surface area (Å²) in [5, 5.41) is 7.31. The molecule has 1 aromatic carbocycles. The van der Waals surface area contributed by atoms with Gasteiger partial charge in [0.2, 0.25) is 0 Å². The molecule has 1 rings (SSSR count). The van der Waals surface area contributed by atoms with Gasteiger partial charge in [-0.25, -0.2) is 4.39 Å². The first-order chi connectivity index (χ1) is 8.90. The molecule has 0 spiro atoms. The number of rotatable bonds is 7. The molecule has 0 aliphatic rings. The highest BCUT2D eigenvalue weighted by Gasteiger charge is 2.12. The minimum absolute atomic E-state index is 0.187. The quantitative estimate of drug-likeness (QED) is 0.595. The van der Waals surface area contributed by atoms with Crippen LogP contribution in [0.4, 0.5) is 4.39 Å². The van der Waals surface area contributed by atoms with Gasteiger partial charge in [0.25, 0.3) is 0 Å². The van der Waals surface area contributed by atoms with Crippen molar-refractivity contribution in [1.82, 2.24) is 4.90 Å². The van der Waals surface area contributed by atoms with E-state index in [-0.39, 0.29) is 11.7 Å². The molecular formula is C14H21BrFN3. The molecule has 0 saturated heterocycles. The van der Waals surface area contributed by atoms with E-state index in [1.54, 1.807) is 6.07 Å². The Morgan fingerprint density at radius 2 is 2.16 bits per heavy atom. The van der Waals surface area contributed by atoms with Gasteiger partial charge in [-0.15, -0.1) is 0 Å². The Morgan fingerprint density at radius 1 is 1.47 bits per heavy atom. The normalized spacial score (nSPS) is 11.3. The summed E-state index contributed by atoms with van der Waals surface area (Å²) in [6.07, 6.45) is 0.541. The van der Waals surface area contributed by atoms with Crippen LogP contribution in [0.5, 0.6) is 0 Å². The smallest absolute Gasteiger partial charge is 0.137 e. The number of amidine groups is 1. The first-order valence-electron chi connectivity index (χ1n) is 6.38. The first-order valence-corrected chi connectivity index (χ1v) is 7.17. The van der Waals surface area contributed by atoms with Gasteiger partial charge in [-0.3, -0.25) is 10.3 Å². The molecule has 0 fully saturated rings. The third-order valence-corrected chi connectivity index (χ3v) is 3.63. The number of hydrogen-bond donors (Lipinski definition) is 2. The van der Waals surface area contributed by atoms with Crippen molar-refractivity contribution in [3.63, 3.8) is 0 Å². The molecule has 5 heteroatoms. The van der Waals surface area contributed by atoms with E-state index in [1.165, 1.54) is 6.07 Å². The van der Waals surface area contributed by atoms with E-state index >= 15 is 0 Å². The van der Waals surface area contributed by atoms with Crippen molar-refractivity contribution >= 4 is 21.8 Å². The van der Waals surface area contributed by atoms with E-state index in [0.29, 0.717) is 23.4 Å². The molecule has 3 nitrogen and oxygen atoms in total. The number of nitrogens with zero attached hydrogens (tertiary/aromatic N) is 1. The topological polar surface area (TPSA) is 53.1 Å². The summed E-state index contributed by atoms with van der Waals surface area (Å²) in [5.41, 5.74) is 6.33. The van der Waals surface area contributed by atoms with Crippen molar-refractivity contribution in [2.75, 3.05) is 13.1 Å². The SMILES string of the molecule is CC(C)CN(CCC(=N)N)Cc1cccc(F)c1Br. The monoisotopic (exact) mass is 329 g/mol. The van der Waals surface area contributed by atoms with Gasteiger partial charge >= 0.3 is 0 Å². The van der Waals surface area contributed by atoms with Gasteiger partial charge in [-0.1, -0.05) is 26.0 Å². The maximum atomic E-state index is 13.5. The molecule has 0 saturated carbocycles. The number of nitrogens with two attached hydrogens (primary N) is 1. The van der Waals surface area contributed by atoms with Gasteiger partial charge in [0.1, 0.15) is 5.82 Å². The van der Waals surface area contributed by atoms with Crippen molar-refractivity contribution in [2.45, 2.75) is 26.8 Å². The van der Waals surface area contributed by atoms with E-state index < -0.39 is 0 Å². The van der Waals surface area contributed by atoms with E-state index in [0.717, 1.165) is 18.7 Å². The summed E-state index contributed by atoms with van der Waals surface area (Å²) in [7, 11) is 0. The summed E-state index contributed by atoms with van der Waals surface area (Å²) in [5.74, 6) is 0.458. The van der Waals surface area contributed by atoms with Crippen LogP contribution in [0.2, 0.25) is 0 Å². The number of nitrogens with one attached hydrogen (secondary N) is 1. The molecular weight excluding hydrogens is 309 g/mol. The molecule has 0 atom stereocenters. The molecule has 0 unspecified atom stereocenters. The van der Waals surface area contributed by atoms with Crippen molar-refractivity contribution in [3.05, 3.63) is 34.1 Å². The van der Waals surface area contributed by atoms with E-state index in [9.17, 15) is 4.39 Å². The Balaban J connectivity index is 2.75. The third-order valence-electron chi connectivity index (χ3n) is 2.75. The van der Waals surface area contributed by atoms with Crippen LogP contribution in [0, 0.1) is 17.1 Å². The molecule has 1 aromatic rings. The molecule has 0 aromatic heterocycles. The van der Waals surface area contributed by atoms with Crippen LogP contribution < -0.4 is 5.73 Å². The molecule has 0 bridgehead atoms. The highest BCUT2D eigenvalue weighted by Crippen LogP contribution is 2.22. The Morgan fingerprint density at radius 3 is 2.74 bits per heavy atom. The van der Waals surface area contributed by atoms with Gasteiger partial charge in [0.05, 0.1) is 10.3 Å². The van der Waals surface area contributed by atoms with Crippen LogP contribution in [0.1, 0.15) is 25.8 Å². The highest BCUT2D eigenvalue weighted by atomic mass is 79.9. The largest absolute Gasteiger partial charge is 0.388 e. The van der Waals surface area contributed by atoms with Crippen LogP contribution in [0.25, 0.3) is 0 Å². The Labute approximate surface area is 122 Å². The van der Waals surface area contributed by atoms with Crippen molar-refractivity contribution < 1.29 is 4.39 Å². The fourth-order valence-corrected chi connectivity index (χ4v) is 2.33. The van der Waals surface area contributed by atoms with Crippen LogP contribution >= 0.6 is 15.9 Å². The fourth-order valence-electron chi connectivity index (χ4n) is 1.94. The Hall–Kier alpha value is -0.940. The maximum Gasteiger partial charge on any atom is 0.137 e. The Kier molecular flexibility index (Phi) is 6.45. The van der Waals surface area contributed by atoms with Crippen LogP contribution in [-0.2, 0) is 6.54 Å². The molecule has 0 aliphatic heterocycles.